The lowest BCUT2D eigenvalue weighted by molar-refractivity contribution is -0.138. The number of benzene rings is 2. The maximum Gasteiger partial charge on any atom is 0.338 e. The Kier molecular flexibility index (Phi) is 7.67. The van der Waals surface area contributed by atoms with E-state index in [0.29, 0.717) is 22.5 Å². The van der Waals surface area contributed by atoms with Crippen molar-refractivity contribution < 1.29 is 23.8 Å². The van der Waals surface area contributed by atoms with Crippen LogP contribution in [0.5, 0.6) is 0 Å². The quantitative estimate of drug-likeness (QED) is 0.395. The Bertz CT molecular complexity index is 931. The third kappa shape index (κ3) is 6.58. The number of carbonyl (C=O) groups is 2. The molecule has 7 nitrogen and oxygen atoms in total. The fraction of sp³-hybridized carbons (Fsp3) is 0.333. The standard InChI is InChI=1S/C24H28N2O5/c1-29-20-8-10-21(11-9-20)31-24(28)17-5-2-16(3-6-17)4-13-23(27)30-15-18-14-19(25)7-12-22(18)26/h2-7,12-14,20-21H,8-11,15,25-26H2,1H3. The average molecular weight is 424 g/mol. The first-order valence-electron chi connectivity index (χ1n) is 10.3. The van der Waals surface area contributed by atoms with Gasteiger partial charge < -0.3 is 25.7 Å². The SMILES string of the molecule is COC1CCC(OC(=O)c2ccc(C=CC(=O)OCc3cc(N)ccc3N)cc2)CC1. The molecule has 7 heteroatoms. The van der Waals surface area contributed by atoms with Crippen LogP contribution in [0.4, 0.5) is 11.4 Å². The third-order valence-corrected chi connectivity index (χ3v) is 5.32. The summed E-state index contributed by atoms with van der Waals surface area (Å²) in [5.74, 6) is -0.840. The van der Waals surface area contributed by atoms with E-state index in [-0.39, 0.29) is 24.8 Å². The summed E-state index contributed by atoms with van der Waals surface area (Å²) in [6, 6.07) is 11.9. The van der Waals surface area contributed by atoms with Crippen molar-refractivity contribution in [1.29, 1.82) is 0 Å². The highest BCUT2D eigenvalue weighted by molar-refractivity contribution is 5.90. The van der Waals surface area contributed by atoms with Crippen molar-refractivity contribution in [3.8, 4) is 0 Å². The van der Waals surface area contributed by atoms with Crippen molar-refractivity contribution >= 4 is 29.4 Å². The highest BCUT2D eigenvalue weighted by Crippen LogP contribution is 2.24. The van der Waals surface area contributed by atoms with E-state index in [1.54, 1.807) is 55.7 Å². The second kappa shape index (κ2) is 10.6. The minimum absolute atomic E-state index is 0.0388. The highest BCUT2D eigenvalue weighted by Gasteiger charge is 2.24. The van der Waals surface area contributed by atoms with Crippen LogP contribution in [0.1, 0.15) is 47.2 Å². The molecule has 1 aliphatic rings. The molecule has 0 aliphatic heterocycles. The molecule has 2 aromatic carbocycles. The molecule has 2 aromatic rings. The molecule has 0 unspecified atom stereocenters. The van der Waals surface area contributed by atoms with Gasteiger partial charge in [0.25, 0.3) is 0 Å². The van der Waals surface area contributed by atoms with Crippen LogP contribution < -0.4 is 11.5 Å². The number of ether oxygens (including phenoxy) is 3. The van der Waals surface area contributed by atoms with Gasteiger partial charge in [-0.2, -0.15) is 0 Å². The molecule has 1 saturated carbocycles. The molecule has 0 bridgehead atoms. The van der Waals surface area contributed by atoms with Crippen LogP contribution in [0.3, 0.4) is 0 Å². The van der Waals surface area contributed by atoms with Crippen LogP contribution in [-0.4, -0.2) is 31.3 Å². The highest BCUT2D eigenvalue weighted by atomic mass is 16.5. The number of methoxy groups -OCH3 is 1. The summed E-state index contributed by atoms with van der Waals surface area (Å²) in [5.41, 5.74) is 14.5. The Labute approximate surface area is 182 Å². The fourth-order valence-electron chi connectivity index (χ4n) is 3.45. The maximum atomic E-state index is 12.3. The first-order chi connectivity index (χ1) is 14.9. The van der Waals surface area contributed by atoms with Gasteiger partial charge in [0.15, 0.2) is 0 Å². The van der Waals surface area contributed by atoms with Crippen molar-refractivity contribution in [3.05, 3.63) is 65.2 Å². The van der Waals surface area contributed by atoms with E-state index in [1.165, 1.54) is 6.08 Å². The smallest absolute Gasteiger partial charge is 0.338 e. The summed E-state index contributed by atoms with van der Waals surface area (Å²) in [7, 11) is 1.71. The molecule has 0 amide bonds. The summed E-state index contributed by atoms with van der Waals surface area (Å²) in [6.07, 6.45) is 6.56. The fourth-order valence-corrected chi connectivity index (χ4v) is 3.45. The normalized spacial score (nSPS) is 18.6. The molecular weight excluding hydrogens is 396 g/mol. The van der Waals surface area contributed by atoms with Gasteiger partial charge in [-0.1, -0.05) is 12.1 Å². The average Bonchev–Trinajstić information content (AvgIpc) is 2.79. The maximum absolute atomic E-state index is 12.3. The van der Waals surface area contributed by atoms with Crippen LogP contribution in [0.2, 0.25) is 0 Å². The summed E-state index contributed by atoms with van der Waals surface area (Å²) >= 11 is 0. The Hall–Kier alpha value is -3.32. The van der Waals surface area contributed by atoms with Crippen molar-refractivity contribution in [2.45, 2.75) is 44.5 Å². The van der Waals surface area contributed by atoms with Gasteiger partial charge in [-0.25, -0.2) is 9.59 Å². The lowest BCUT2D eigenvalue weighted by atomic mass is 9.95. The van der Waals surface area contributed by atoms with E-state index in [4.69, 9.17) is 25.7 Å². The van der Waals surface area contributed by atoms with Crippen LogP contribution in [-0.2, 0) is 25.6 Å². The Balaban J connectivity index is 1.48. The minimum Gasteiger partial charge on any atom is -0.459 e. The molecule has 0 radical (unpaired) electrons. The lowest BCUT2D eigenvalue weighted by Gasteiger charge is -2.27. The molecule has 3 rings (SSSR count). The number of rotatable bonds is 7. The molecule has 0 aromatic heterocycles. The number of hydrogen-bond acceptors (Lipinski definition) is 7. The van der Waals surface area contributed by atoms with Crippen LogP contribution >= 0.6 is 0 Å². The predicted molar refractivity (Wildman–Crippen MR) is 119 cm³/mol. The molecule has 164 valence electrons. The van der Waals surface area contributed by atoms with E-state index in [9.17, 15) is 9.59 Å². The first kappa shape index (κ1) is 22.4. The van der Waals surface area contributed by atoms with Crippen molar-refractivity contribution in [2.24, 2.45) is 0 Å². The van der Waals surface area contributed by atoms with E-state index in [0.717, 1.165) is 31.2 Å². The molecule has 4 N–H and O–H groups in total. The van der Waals surface area contributed by atoms with Gasteiger partial charge in [0, 0.05) is 30.1 Å². The Morgan fingerprint density at radius 1 is 1.00 bits per heavy atom. The first-order valence-corrected chi connectivity index (χ1v) is 10.3. The van der Waals surface area contributed by atoms with E-state index < -0.39 is 5.97 Å². The monoisotopic (exact) mass is 424 g/mol. The number of hydrogen-bond donors (Lipinski definition) is 2. The number of esters is 2. The van der Waals surface area contributed by atoms with Gasteiger partial charge in [0.05, 0.1) is 11.7 Å². The van der Waals surface area contributed by atoms with Gasteiger partial charge in [-0.3, -0.25) is 0 Å². The minimum atomic E-state index is -0.503. The van der Waals surface area contributed by atoms with Gasteiger partial charge in [0.2, 0.25) is 0 Å². The molecule has 0 spiro atoms. The van der Waals surface area contributed by atoms with Crippen LogP contribution in [0.25, 0.3) is 6.08 Å². The number of carbonyl (C=O) groups excluding carboxylic acids is 2. The molecular formula is C24H28N2O5. The molecule has 1 fully saturated rings. The molecule has 0 saturated heterocycles. The molecule has 31 heavy (non-hydrogen) atoms. The Morgan fingerprint density at radius 3 is 2.35 bits per heavy atom. The lowest BCUT2D eigenvalue weighted by Crippen LogP contribution is -2.27. The zero-order valence-electron chi connectivity index (χ0n) is 17.6. The molecule has 1 aliphatic carbocycles. The van der Waals surface area contributed by atoms with Gasteiger partial charge >= 0.3 is 11.9 Å². The topological polar surface area (TPSA) is 114 Å². The summed E-state index contributed by atoms with van der Waals surface area (Å²) in [5, 5.41) is 0. The zero-order chi connectivity index (χ0) is 22.2. The summed E-state index contributed by atoms with van der Waals surface area (Å²) in [6.45, 7) is 0.0388. The third-order valence-electron chi connectivity index (χ3n) is 5.32. The van der Waals surface area contributed by atoms with Gasteiger partial charge in [0.1, 0.15) is 12.7 Å². The number of nitrogen functional groups attached to an aromatic ring is 2. The summed E-state index contributed by atoms with van der Waals surface area (Å²) < 4.78 is 16.1. The molecule has 0 atom stereocenters. The number of anilines is 2. The van der Waals surface area contributed by atoms with Crippen molar-refractivity contribution in [1.82, 2.24) is 0 Å². The van der Waals surface area contributed by atoms with Crippen LogP contribution in [0, 0.1) is 0 Å². The number of nitrogens with two attached hydrogens (primary N) is 2. The predicted octanol–water partition coefficient (Wildman–Crippen LogP) is 3.72. The van der Waals surface area contributed by atoms with Gasteiger partial charge in [-0.15, -0.1) is 0 Å². The van der Waals surface area contributed by atoms with E-state index >= 15 is 0 Å². The van der Waals surface area contributed by atoms with Crippen molar-refractivity contribution in [2.75, 3.05) is 18.6 Å². The zero-order valence-corrected chi connectivity index (χ0v) is 17.6. The van der Waals surface area contributed by atoms with Gasteiger partial charge in [-0.05, 0) is 67.7 Å². The molecule has 0 heterocycles. The van der Waals surface area contributed by atoms with E-state index in [1.807, 2.05) is 0 Å². The van der Waals surface area contributed by atoms with E-state index in [2.05, 4.69) is 0 Å². The second-order valence-electron chi connectivity index (χ2n) is 7.56. The largest absolute Gasteiger partial charge is 0.459 e. The Morgan fingerprint density at radius 2 is 1.68 bits per heavy atom. The summed E-state index contributed by atoms with van der Waals surface area (Å²) in [4.78, 5) is 24.3. The van der Waals surface area contributed by atoms with Crippen LogP contribution in [0.15, 0.2) is 48.5 Å². The van der Waals surface area contributed by atoms with Crippen molar-refractivity contribution in [3.63, 3.8) is 0 Å². The second-order valence-corrected chi connectivity index (χ2v) is 7.56.